The van der Waals surface area contributed by atoms with E-state index in [1.807, 2.05) is 0 Å². The van der Waals surface area contributed by atoms with Crippen molar-refractivity contribution in [3.8, 4) is 0 Å². The predicted molar refractivity (Wildman–Crippen MR) is 69.6 cm³/mol. The second kappa shape index (κ2) is 4.43. The van der Waals surface area contributed by atoms with Gasteiger partial charge in [0.2, 0.25) is 0 Å². The van der Waals surface area contributed by atoms with Gasteiger partial charge in [-0.15, -0.1) is 11.3 Å². The van der Waals surface area contributed by atoms with Crippen molar-refractivity contribution < 1.29 is 15.0 Å². The number of H-pyrrole nitrogens is 1. The maximum absolute atomic E-state index is 12.1. The highest BCUT2D eigenvalue weighted by Gasteiger charge is 2.22. The van der Waals surface area contributed by atoms with E-state index in [2.05, 4.69) is 9.97 Å². The molecule has 0 amide bonds. The molecule has 100 valence electrons. The van der Waals surface area contributed by atoms with Gasteiger partial charge in [-0.25, -0.2) is 9.78 Å². The molecule has 0 fully saturated rings. The molecule has 1 atom stereocenters. The zero-order valence-corrected chi connectivity index (χ0v) is 10.8. The van der Waals surface area contributed by atoms with Crippen LogP contribution in [0.4, 0.5) is 0 Å². The minimum absolute atomic E-state index is 0.191. The van der Waals surface area contributed by atoms with Gasteiger partial charge in [0, 0.05) is 11.3 Å². The van der Waals surface area contributed by atoms with Crippen LogP contribution < -0.4 is 5.56 Å². The molecule has 7 heteroatoms. The van der Waals surface area contributed by atoms with Gasteiger partial charge in [-0.05, 0) is 24.8 Å². The van der Waals surface area contributed by atoms with E-state index in [-0.39, 0.29) is 17.8 Å². The number of aryl methyl sites for hydroxylation is 2. The summed E-state index contributed by atoms with van der Waals surface area (Å²) in [4.78, 5) is 31.3. The van der Waals surface area contributed by atoms with Gasteiger partial charge in [-0.1, -0.05) is 0 Å². The Labute approximate surface area is 111 Å². The first-order valence-electron chi connectivity index (χ1n) is 6.00. The van der Waals surface area contributed by atoms with E-state index in [0.717, 1.165) is 24.8 Å². The topological polar surface area (TPSA) is 103 Å². The standard InChI is InChI=1S/C12H12N2O4S/c15-6(12(17)18)4-8-13-10(16)9-5-2-1-3-7(5)19-11(9)14-8/h6,15H,1-4H2,(H,17,18)(H,13,14,16)/t6-/m0/s1. The van der Waals surface area contributed by atoms with Crippen LogP contribution in [0, 0.1) is 0 Å². The van der Waals surface area contributed by atoms with Crippen LogP contribution in [-0.2, 0) is 24.1 Å². The first-order valence-corrected chi connectivity index (χ1v) is 6.82. The molecule has 0 saturated carbocycles. The maximum atomic E-state index is 12.1. The second-order valence-electron chi connectivity index (χ2n) is 4.61. The quantitative estimate of drug-likeness (QED) is 0.758. The minimum Gasteiger partial charge on any atom is -0.479 e. The highest BCUT2D eigenvalue weighted by atomic mass is 32.1. The summed E-state index contributed by atoms with van der Waals surface area (Å²) in [6.07, 6.45) is 1.20. The number of carbonyl (C=O) groups is 1. The van der Waals surface area contributed by atoms with Crippen LogP contribution >= 0.6 is 11.3 Å². The van der Waals surface area contributed by atoms with Crippen molar-refractivity contribution in [1.29, 1.82) is 0 Å². The van der Waals surface area contributed by atoms with Gasteiger partial charge in [-0.2, -0.15) is 0 Å². The van der Waals surface area contributed by atoms with E-state index in [9.17, 15) is 14.7 Å². The average Bonchev–Trinajstić information content (AvgIpc) is 2.87. The number of aliphatic hydroxyl groups is 1. The second-order valence-corrected chi connectivity index (χ2v) is 5.69. The molecule has 2 aromatic heterocycles. The van der Waals surface area contributed by atoms with Crippen LogP contribution in [-0.4, -0.2) is 32.3 Å². The maximum Gasteiger partial charge on any atom is 0.332 e. The Morgan fingerprint density at radius 2 is 2.26 bits per heavy atom. The van der Waals surface area contributed by atoms with Gasteiger partial charge >= 0.3 is 5.97 Å². The lowest BCUT2D eigenvalue weighted by Crippen LogP contribution is -2.24. The molecule has 3 N–H and O–H groups in total. The number of nitrogens with zero attached hydrogens (tertiary/aromatic N) is 1. The normalized spacial score (nSPS) is 15.6. The Morgan fingerprint density at radius 3 is 3.00 bits per heavy atom. The molecular formula is C12H12N2O4S. The zero-order valence-electron chi connectivity index (χ0n) is 9.97. The zero-order chi connectivity index (χ0) is 13.6. The molecule has 1 aliphatic carbocycles. The largest absolute Gasteiger partial charge is 0.479 e. The Hall–Kier alpha value is -1.73. The van der Waals surface area contributed by atoms with Crippen molar-refractivity contribution in [2.75, 3.05) is 0 Å². The smallest absolute Gasteiger partial charge is 0.332 e. The molecule has 0 spiro atoms. The number of hydrogen-bond acceptors (Lipinski definition) is 5. The van der Waals surface area contributed by atoms with Crippen molar-refractivity contribution in [1.82, 2.24) is 9.97 Å². The highest BCUT2D eigenvalue weighted by molar-refractivity contribution is 7.18. The number of carboxylic acid groups (broad SMARTS) is 1. The number of carboxylic acids is 1. The SMILES string of the molecule is O=C(O)[C@@H](O)Cc1nc2sc3c(c2c(=O)[nH]1)CCC3. The third-order valence-corrected chi connectivity index (χ3v) is 4.48. The van der Waals surface area contributed by atoms with E-state index in [4.69, 9.17) is 5.11 Å². The fourth-order valence-electron chi connectivity index (χ4n) is 2.41. The first kappa shape index (κ1) is 12.3. The minimum atomic E-state index is -1.55. The lowest BCUT2D eigenvalue weighted by Gasteiger charge is -2.04. The van der Waals surface area contributed by atoms with E-state index in [1.54, 1.807) is 0 Å². The van der Waals surface area contributed by atoms with Crippen LogP contribution in [0.5, 0.6) is 0 Å². The van der Waals surface area contributed by atoms with Crippen molar-refractivity contribution >= 4 is 27.5 Å². The van der Waals surface area contributed by atoms with Crippen LogP contribution in [0.1, 0.15) is 22.7 Å². The van der Waals surface area contributed by atoms with Crippen LogP contribution in [0.15, 0.2) is 4.79 Å². The molecule has 0 saturated heterocycles. The molecule has 0 radical (unpaired) electrons. The Morgan fingerprint density at radius 1 is 1.47 bits per heavy atom. The third-order valence-electron chi connectivity index (χ3n) is 3.30. The van der Waals surface area contributed by atoms with E-state index in [0.29, 0.717) is 10.2 Å². The fourth-order valence-corrected chi connectivity index (χ4v) is 3.69. The van der Waals surface area contributed by atoms with E-state index < -0.39 is 12.1 Å². The molecule has 6 nitrogen and oxygen atoms in total. The number of aliphatic carboxylic acids is 1. The number of hydrogen-bond donors (Lipinski definition) is 3. The van der Waals surface area contributed by atoms with Crippen molar-refractivity contribution in [3.05, 3.63) is 26.6 Å². The molecular weight excluding hydrogens is 268 g/mol. The lowest BCUT2D eigenvalue weighted by molar-refractivity contribution is -0.146. The molecule has 1 aliphatic rings. The molecule has 0 aromatic carbocycles. The van der Waals surface area contributed by atoms with Crippen molar-refractivity contribution in [2.45, 2.75) is 31.8 Å². The molecule has 19 heavy (non-hydrogen) atoms. The number of aliphatic hydroxyl groups excluding tert-OH is 1. The third kappa shape index (κ3) is 2.04. The number of aromatic nitrogens is 2. The number of nitrogens with one attached hydrogen (secondary N) is 1. The van der Waals surface area contributed by atoms with Gasteiger partial charge in [0.15, 0.2) is 6.10 Å². The van der Waals surface area contributed by atoms with Crippen LogP contribution in [0.25, 0.3) is 10.2 Å². The summed E-state index contributed by atoms with van der Waals surface area (Å²) >= 11 is 1.49. The predicted octanol–water partition coefficient (Wildman–Crippen LogP) is 0.461. The molecule has 3 rings (SSSR count). The first-order chi connectivity index (χ1) is 9.06. The Bertz CT molecular complexity index is 718. The van der Waals surface area contributed by atoms with Gasteiger partial charge in [0.05, 0.1) is 5.39 Å². The lowest BCUT2D eigenvalue weighted by atomic mass is 10.2. The summed E-state index contributed by atoms with van der Waals surface area (Å²) < 4.78 is 0. The fraction of sp³-hybridized carbons (Fsp3) is 0.417. The monoisotopic (exact) mass is 280 g/mol. The van der Waals surface area contributed by atoms with Gasteiger partial charge in [0.1, 0.15) is 10.7 Å². The van der Waals surface area contributed by atoms with Crippen LogP contribution in [0.3, 0.4) is 0 Å². The summed E-state index contributed by atoms with van der Waals surface area (Å²) in [6.45, 7) is 0. The summed E-state index contributed by atoms with van der Waals surface area (Å²) in [5.41, 5.74) is 0.844. The van der Waals surface area contributed by atoms with Crippen molar-refractivity contribution in [2.24, 2.45) is 0 Å². The van der Waals surface area contributed by atoms with E-state index in [1.165, 1.54) is 16.2 Å². The number of fused-ring (bicyclic) bond motifs is 3. The Balaban J connectivity index is 2.06. The molecule has 2 heterocycles. The van der Waals surface area contributed by atoms with E-state index >= 15 is 0 Å². The van der Waals surface area contributed by atoms with Gasteiger partial charge in [-0.3, -0.25) is 4.79 Å². The van der Waals surface area contributed by atoms with Crippen molar-refractivity contribution in [3.63, 3.8) is 0 Å². The summed E-state index contributed by atoms with van der Waals surface area (Å²) in [7, 11) is 0. The Kier molecular flexibility index (Phi) is 2.87. The highest BCUT2D eigenvalue weighted by Crippen LogP contribution is 2.34. The average molecular weight is 280 g/mol. The summed E-state index contributed by atoms with van der Waals surface area (Å²) in [5, 5.41) is 18.6. The number of rotatable bonds is 3. The number of thiophene rings is 1. The number of aromatic amines is 1. The molecule has 0 bridgehead atoms. The molecule has 0 unspecified atom stereocenters. The summed E-state index contributed by atoms with van der Waals surface area (Å²) in [5.74, 6) is -1.11. The molecule has 0 aliphatic heterocycles. The van der Waals surface area contributed by atoms with Gasteiger partial charge in [0.25, 0.3) is 5.56 Å². The van der Waals surface area contributed by atoms with Gasteiger partial charge < -0.3 is 15.2 Å². The molecule has 2 aromatic rings. The van der Waals surface area contributed by atoms with Crippen LogP contribution in [0.2, 0.25) is 0 Å². The summed E-state index contributed by atoms with van der Waals surface area (Å²) in [6, 6.07) is 0.